The average molecular weight is 473 g/mol. The van der Waals surface area contributed by atoms with Gasteiger partial charge in [-0.25, -0.2) is 9.37 Å². The molecule has 0 atom stereocenters. The van der Waals surface area contributed by atoms with Crippen LogP contribution in [-0.4, -0.2) is 36.2 Å². The smallest absolute Gasteiger partial charge is 0.306 e. The number of nitrogens with zero attached hydrogens (tertiary/aromatic N) is 4. The van der Waals surface area contributed by atoms with Crippen molar-refractivity contribution in [2.45, 2.75) is 46.1 Å². The Labute approximate surface area is 194 Å². The summed E-state index contributed by atoms with van der Waals surface area (Å²) < 4.78 is 26.9. The Morgan fingerprint density at radius 2 is 2.00 bits per heavy atom. The molecule has 8 nitrogen and oxygen atoms in total. The summed E-state index contributed by atoms with van der Waals surface area (Å²) in [6.07, 6.45) is 3.60. The van der Waals surface area contributed by atoms with Gasteiger partial charge in [0, 0.05) is 18.8 Å². The van der Waals surface area contributed by atoms with E-state index in [1.54, 1.807) is 37.4 Å². The highest BCUT2D eigenvalue weighted by Crippen LogP contribution is 2.32. The molecule has 4 rings (SSSR count). The molecule has 4 aromatic rings. The van der Waals surface area contributed by atoms with Crippen molar-refractivity contribution < 1.29 is 23.6 Å². The molecule has 0 saturated heterocycles. The maximum Gasteiger partial charge on any atom is 0.306 e. The first-order valence-electron chi connectivity index (χ1n) is 10.2. The fourth-order valence-electron chi connectivity index (χ4n) is 3.33. The Morgan fingerprint density at radius 1 is 1.24 bits per heavy atom. The molecule has 3 heterocycles. The zero-order valence-corrected chi connectivity index (χ0v) is 19.3. The zero-order chi connectivity index (χ0) is 23.9. The van der Waals surface area contributed by atoms with E-state index in [0.717, 1.165) is 11.6 Å². The van der Waals surface area contributed by atoms with Crippen LogP contribution in [0.25, 0.3) is 28.6 Å². The zero-order valence-electron chi connectivity index (χ0n) is 18.5. The van der Waals surface area contributed by atoms with Crippen LogP contribution >= 0.6 is 11.6 Å². The molecule has 0 aliphatic rings. The molecule has 10 heteroatoms. The summed E-state index contributed by atoms with van der Waals surface area (Å²) in [5.41, 5.74) is 1.48. The quantitative estimate of drug-likeness (QED) is 0.401. The minimum Gasteiger partial charge on any atom is -0.507 e. The molecule has 0 amide bonds. The van der Waals surface area contributed by atoms with Gasteiger partial charge >= 0.3 is 5.97 Å². The number of rotatable bonds is 5. The fourth-order valence-corrected chi connectivity index (χ4v) is 3.65. The number of ether oxygens (including phenoxy) is 1. The Kier molecular flexibility index (Phi) is 5.84. The van der Waals surface area contributed by atoms with Gasteiger partial charge in [-0.15, -0.1) is 0 Å². The van der Waals surface area contributed by atoms with E-state index in [2.05, 4.69) is 15.1 Å². The Balaban J connectivity index is 1.56. The normalized spacial score (nSPS) is 11.8. The SMILES string of the molecule is Cc1cc(Cl)c2nc(-c3nc(-c4cc(F)c(CCC(=O)OC(C)(C)C)cc4O)no3)cn2c1. The molecule has 0 radical (unpaired) electrons. The molecule has 33 heavy (non-hydrogen) atoms. The molecule has 1 N–H and O–H groups in total. The van der Waals surface area contributed by atoms with Crippen LogP contribution in [0.5, 0.6) is 5.75 Å². The van der Waals surface area contributed by atoms with Crippen LogP contribution in [0.3, 0.4) is 0 Å². The number of aromatic nitrogens is 4. The molecule has 0 unspecified atom stereocenters. The third-order valence-corrected chi connectivity index (χ3v) is 4.99. The average Bonchev–Trinajstić information content (AvgIpc) is 3.34. The van der Waals surface area contributed by atoms with Crippen molar-refractivity contribution >= 4 is 23.2 Å². The number of hydrogen-bond donors (Lipinski definition) is 1. The number of aromatic hydroxyl groups is 1. The number of carbonyl (C=O) groups is 1. The van der Waals surface area contributed by atoms with E-state index in [4.69, 9.17) is 20.9 Å². The number of aryl methyl sites for hydroxylation is 2. The van der Waals surface area contributed by atoms with E-state index in [9.17, 15) is 14.3 Å². The van der Waals surface area contributed by atoms with Gasteiger partial charge in [0.2, 0.25) is 5.82 Å². The van der Waals surface area contributed by atoms with Gasteiger partial charge in [-0.1, -0.05) is 16.8 Å². The van der Waals surface area contributed by atoms with Crippen LogP contribution < -0.4 is 0 Å². The van der Waals surface area contributed by atoms with Crippen LogP contribution in [0.1, 0.15) is 38.3 Å². The highest BCUT2D eigenvalue weighted by molar-refractivity contribution is 6.33. The standard InChI is InChI=1S/C23H22ClFN4O4/c1-12-7-15(24)21-26-17(11-29(21)10-12)22-27-20(28-33-22)14-9-16(25)13(8-18(14)30)5-6-19(31)32-23(2,3)4/h7-11,30H,5-6H2,1-4H3. The first kappa shape index (κ1) is 22.7. The maximum absolute atomic E-state index is 14.7. The van der Waals surface area contributed by atoms with Crippen molar-refractivity contribution in [3.8, 4) is 28.7 Å². The molecule has 0 saturated carbocycles. The summed E-state index contributed by atoms with van der Waals surface area (Å²) >= 11 is 6.24. The molecule has 0 bridgehead atoms. The number of phenols is 1. The van der Waals surface area contributed by atoms with Crippen molar-refractivity contribution in [2.24, 2.45) is 0 Å². The summed E-state index contributed by atoms with van der Waals surface area (Å²) in [5, 5.41) is 14.8. The lowest BCUT2D eigenvalue weighted by molar-refractivity contribution is -0.154. The summed E-state index contributed by atoms with van der Waals surface area (Å²) in [7, 11) is 0. The van der Waals surface area contributed by atoms with E-state index >= 15 is 0 Å². The number of pyridine rings is 1. The highest BCUT2D eigenvalue weighted by atomic mass is 35.5. The van der Waals surface area contributed by atoms with Crippen molar-refractivity contribution in [3.63, 3.8) is 0 Å². The molecule has 1 aromatic carbocycles. The van der Waals surface area contributed by atoms with Crippen molar-refractivity contribution in [1.29, 1.82) is 0 Å². The summed E-state index contributed by atoms with van der Waals surface area (Å²) in [4.78, 5) is 20.6. The number of carbonyl (C=O) groups excluding carboxylic acids is 1. The molecule has 0 fully saturated rings. The van der Waals surface area contributed by atoms with Crippen LogP contribution in [0.2, 0.25) is 5.02 Å². The van der Waals surface area contributed by atoms with E-state index in [1.807, 2.05) is 13.1 Å². The Morgan fingerprint density at radius 3 is 2.73 bits per heavy atom. The second-order valence-electron chi connectivity index (χ2n) is 8.69. The molecule has 172 valence electrons. The number of benzene rings is 1. The first-order chi connectivity index (χ1) is 15.5. The van der Waals surface area contributed by atoms with Gasteiger partial charge in [0.25, 0.3) is 5.89 Å². The lowest BCUT2D eigenvalue weighted by Gasteiger charge is -2.19. The maximum atomic E-state index is 14.7. The monoisotopic (exact) mass is 472 g/mol. The summed E-state index contributed by atoms with van der Waals surface area (Å²) in [6.45, 7) is 7.18. The molecule has 0 aliphatic carbocycles. The lowest BCUT2D eigenvalue weighted by Crippen LogP contribution is -2.24. The van der Waals surface area contributed by atoms with Crippen molar-refractivity contribution in [3.05, 3.63) is 52.6 Å². The topological polar surface area (TPSA) is 103 Å². The molecular formula is C23H22ClFN4O4. The van der Waals surface area contributed by atoms with Gasteiger partial charge in [0.1, 0.15) is 22.9 Å². The number of hydrogen-bond acceptors (Lipinski definition) is 7. The van der Waals surface area contributed by atoms with Gasteiger partial charge in [-0.05, 0) is 63.4 Å². The second-order valence-corrected chi connectivity index (χ2v) is 9.10. The highest BCUT2D eigenvalue weighted by Gasteiger charge is 2.21. The lowest BCUT2D eigenvalue weighted by atomic mass is 10.0. The number of fused-ring (bicyclic) bond motifs is 1. The van der Waals surface area contributed by atoms with E-state index in [-0.39, 0.29) is 41.4 Å². The van der Waals surface area contributed by atoms with Gasteiger partial charge < -0.3 is 18.8 Å². The molecular weight excluding hydrogens is 451 g/mol. The second kappa shape index (κ2) is 8.47. The van der Waals surface area contributed by atoms with E-state index < -0.39 is 17.4 Å². The van der Waals surface area contributed by atoms with E-state index in [0.29, 0.717) is 16.4 Å². The predicted octanol–water partition coefficient (Wildman–Crippen LogP) is 5.13. The largest absolute Gasteiger partial charge is 0.507 e. The van der Waals surface area contributed by atoms with Crippen molar-refractivity contribution in [2.75, 3.05) is 0 Å². The van der Waals surface area contributed by atoms with Crippen molar-refractivity contribution in [1.82, 2.24) is 19.5 Å². The molecule has 3 aromatic heterocycles. The third-order valence-electron chi connectivity index (χ3n) is 4.71. The molecule has 0 aliphatic heterocycles. The summed E-state index contributed by atoms with van der Waals surface area (Å²) in [6, 6.07) is 4.15. The van der Waals surface area contributed by atoms with Gasteiger partial charge in [0.15, 0.2) is 5.65 Å². The number of esters is 1. The van der Waals surface area contributed by atoms with Crippen LogP contribution in [0, 0.1) is 12.7 Å². The van der Waals surface area contributed by atoms with Crippen LogP contribution in [0.15, 0.2) is 35.1 Å². The van der Waals surface area contributed by atoms with E-state index in [1.165, 1.54) is 6.07 Å². The van der Waals surface area contributed by atoms with Crippen LogP contribution in [-0.2, 0) is 16.0 Å². The minimum absolute atomic E-state index is 0.000532. The predicted molar refractivity (Wildman–Crippen MR) is 119 cm³/mol. The third kappa shape index (κ3) is 4.98. The first-order valence-corrected chi connectivity index (χ1v) is 10.6. The number of halogens is 2. The number of imidazole rings is 1. The number of phenolic OH excluding ortho intramolecular Hbond substituents is 1. The molecule has 0 spiro atoms. The minimum atomic E-state index is -0.622. The van der Waals surface area contributed by atoms with Gasteiger partial charge in [-0.2, -0.15) is 4.98 Å². The van der Waals surface area contributed by atoms with Gasteiger partial charge in [-0.3, -0.25) is 4.79 Å². The fraction of sp³-hybridized carbons (Fsp3) is 0.304. The van der Waals surface area contributed by atoms with Crippen LogP contribution in [0.4, 0.5) is 4.39 Å². The summed E-state index contributed by atoms with van der Waals surface area (Å²) in [5.74, 6) is -1.20. The Bertz CT molecular complexity index is 1360. The Hall–Kier alpha value is -3.46. The van der Waals surface area contributed by atoms with Gasteiger partial charge in [0.05, 0.1) is 10.6 Å².